The summed E-state index contributed by atoms with van der Waals surface area (Å²) in [5.41, 5.74) is 2.33. The number of ether oxygens (including phenoxy) is 1. The van der Waals surface area contributed by atoms with Crippen LogP contribution in [0.1, 0.15) is 64.3 Å². The number of carbonyl (C=O) groups excluding carboxylic acids is 2. The minimum absolute atomic E-state index is 0. The first-order valence-electron chi connectivity index (χ1n) is 15.5. The molecule has 3 heterocycles. The molecular weight excluding hydrogens is 630 g/mol. The molecule has 0 radical (unpaired) electrons. The average molecular weight is 673 g/mol. The molecule has 4 aliphatic rings. The van der Waals surface area contributed by atoms with Gasteiger partial charge in [-0.05, 0) is 73.7 Å². The van der Waals surface area contributed by atoms with Crippen LogP contribution >= 0.6 is 24.8 Å². The Bertz CT molecular complexity index is 1320. The van der Waals surface area contributed by atoms with E-state index in [0.29, 0.717) is 61.6 Å². The van der Waals surface area contributed by atoms with Gasteiger partial charge in [-0.2, -0.15) is 0 Å². The Labute approximate surface area is 274 Å². The SMILES string of the molecule is Cl.Cl.O=C(c1cc(F)cc(N2CCNCC2)c1)N1CCN(C(=O)c2ccc(O[C@H]3CCNC3)c(C3CCC(F)(F)CC3)c2)CC1. The van der Waals surface area contributed by atoms with E-state index in [0.717, 1.165) is 51.3 Å². The highest BCUT2D eigenvalue weighted by Crippen LogP contribution is 2.44. The van der Waals surface area contributed by atoms with Crippen molar-refractivity contribution in [3.05, 3.63) is 58.9 Å². The van der Waals surface area contributed by atoms with E-state index in [1.54, 1.807) is 21.9 Å². The fourth-order valence-electron chi connectivity index (χ4n) is 6.65. The van der Waals surface area contributed by atoms with E-state index in [2.05, 4.69) is 15.5 Å². The van der Waals surface area contributed by atoms with Crippen molar-refractivity contribution in [2.24, 2.45) is 0 Å². The van der Waals surface area contributed by atoms with Crippen molar-refractivity contribution < 1.29 is 27.5 Å². The van der Waals surface area contributed by atoms with Crippen LogP contribution in [0.5, 0.6) is 5.75 Å². The first-order chi connectivity index (χ1) is 20.8. The van der Waals surface area contributed by atoms with Gasteiger partial charge in [0.1, 0.15) is 17.7 Å². The highest BCUT2D eigenvalue weighted by Gasteiger charge is 2.37. The second-order valence-corrected chi connectivity index (χ2v) is 12.1. The van der Waals surface area contributed by atoms with Gasteiger partial charge in [0.2, 0.25) is 5.92 Å². The van der Waals surface area contributed by atoms with Crippen LogP contribution in [-0.2, 0) is 0 Å². The maximum Gasteiger partial charge on any atom is 0.254 e. The van der Waals surface area contributed by atoms with Crippen molar-refractivity contribution in [1.29, 1.82) is 0 Å². The highest BCUT2D eigenvalue weighted by atomic mass is 35.5. The number of carbonyl (C=O) groups is 2. The van der Waals surface area contributed by atoms with Gasteiger partial charge in [0.15, 0.2) is 0 Å². The molecule has 3 aliphatic heterocycles. The first-order valence-corrected chi connectivity index (χ1v) is 15.5. The molecule has 248 valence electrons. The van der Waals surface area contributed by atoms with Crippen molar-refractivity contribution in [2.75, 3.05) is 70.3 Å². The summed E-state index contributed by atoms with van der Waals surface area (Å²) in [6, 6.07) is 9.89. The topological polar surface area (TPSA) is 77.2 Å². The van der Waals surface area contributed by atoms with E-state index in [9.17, 15) is 22.8 Å². The Morgan fingerprint density at radius 2 is 1.42 bits per heavy atom. The molecule has 4 fully saturated rings. The van der Waals surface area contributed by atoms with Crippen LogP contribution < -0.4 is 20.3 Å². The number of piperazine rings is 2. The van der Waals surface area contributed by atoms with Gasteiger partial charge in [0, 0.05) is 88.6 Å². The molecule has 8 nitrogen and oxygen atoms in total. The lowest BCUT2D eigenvalue weighted by Crippen LogP contribution is -2.50. The number of halogens is 5. The van der Waals surface area contributed by atoms with Gasteiger partial charge in [-0.3, -0.25) is 9.59 Å². The third-order valence-corrected chi connectivity index (χ3v) is 9.19. The zero-order valence-corrected chi connectivity index (χ0v) is 26.9. The quantitative estimate of drug-likeness (QED) is 0.464. The van der Waals surface area contributed by atoms with Crippen LogP contribution in [0.25, 0.3) is 0 Å². The lowest BCUT2D eigenvalue weighted by molar-refractivity contribution is -0.0384. The normalized spacial score (nSPS) is 21.9. The number of hydrogen-bond acceptors (Lipinski definition) is 6. The van der Waals surface area contributed by atoms with Crippen LogP contribution in [-0.4, -0.2) is 99.1 Å². The summed E-state index contributed by atoms with van der Waals surface area (Å²) < 4.78 is 48.7. The summed E-state index contributed by atoms with van der Waals surface area (Å²) in [7, 11) is 0. The Morgan fingerprint density at radius 3 is 2.04 bits per heavy atom. The van der Waals surface area contributed by atoms with Gasteiger partial charge in [-0.1, -0.05) is 0 Å². The van der Waals surface area contributed by atoms with Crippen LogP contribution in [0, 0.1) is 5.82 Å². The first kappa shape index (κ1) is 35.1. The van der Waals surface area contributed by atoms with Crippen LogP contribution in [0.4, 0.5) is 18.9 Å². The molecule has 2 aromatic rings. The van der Waals surface area contributed by atoms with Gasteiger partial charge in [-0.15, -0.1) is 24.8 Å². The molecule has 0 spiro atoms. The van der Waals surface area contributed by atoms with E-state index >= 15 is 0 Å². The molecule has 0 bridgehead atoms. The minimum atomic E-state index is -2.64. The second kappa shape index (κ2) is 15.2. The average Bonchev–Trinajstić information content (AvgIpc) is 3.54. The Balaban J connectivity index is 0.00000230. The Hall–Kier alpha value is -2.73. The maximum atomic E-state index is 14.5. The van der Waals surface area contributed by atoms with Gasteiger partial charge in [-0.25, -0.2) is 13.2 Å². The third kappa shape index (κ3) is 8.36. The van der Waals surface area contributed by atoms with Gasteiger partial charge in [0.25, 0.3) is 11.8 Å². The largest absolute Gasteiger partial charge is 0.489 e. The number of benzene rings is 2. The second-order valence-electron chi connectivity index (χ2n) is 12.1. The zero-order valence-electron chi connectivity index (χ0n) is 25.2. The van der Waals surface area contributed by atoms with Crippen LogP contribution in [0.3, 0.4) is 0 Å². The summed E-state index contributed by atoms with van der Waals surface area (Å²) in [6.45, 7) is 6.09. The lowest BCUT2D eigenvalue weighted by atomic mass is 9.81. The summed E-state index contributed by atoms with van der Waals surface area (Å²) in [4.78, 5) is 32.4. The lowest BCUT2D eigenvalue weighted by Gasteiger charge is -2.35. The third-order valence-electron chi connectivity index (χ3n) is 9.19. The number of nitrogens with one attached hydrogen (secondary N) is 2. The molecule has 2 aromatic carbocycles. The summed E-state index contributed by atoms with van der Waals surface area (Å²) in [5, 5.41) is 6.56. The number of nitrogens with zero attached hydrogens (tertiary/aromatic N) is 3. The number of amides is 2. The summed E-state index contributed by atoms with van der Waals surface area (Å²) in [6.07, 6.45) is 1.25. The van der Waals surface area contributed by atoms with Crippen molar-refractivity contribution >= 4 is 42.3 Å². The predicted octanol–water partition coefficient (Wildman–Crippen LogP) is 4.71. The van der Waals surface area contributed by atoms with Crippen molar-refractivity contribution in [2.45, 2.75) is 50.0 Å². The Kier molecular flexibility index (Phi) is 11.9. The van der Waals surface area contributed by atoms with Crippen molar-refractivity contribution in [1.82, 2.24) is 20.4 Å². The van der Waals surface area contributed by atoms with Crippen LogP contribution in [0.15, 0.2) is 36.4 Å². The van der Waals surface area contributed by atoms with E-state index < -0.39 is 11.7 Å². The van der Waals surface area contributed by atoms with E-state index in [1.807, 2.05) is 12.1 Å². The van der Waals surface area contributed by atoms with E-state index in [4.69, 9.17) is 4.74 Å². The fourth-order valence-corrected chi connectivity index (χ4v) is 6.65. The molecule has 45 heavy (non-hydrogen) atoms. The molecule has 3 saturated heterocycles. The number of anilines is 1. The monoisotopic (exact) mass is 671 g/mol. The number of hydrogen-bond donors (Lipinski definition) is 2. The smallest absolute Gasteiger partial charge is 0.254 e. The fraction of sp³-hybridized carbons (Fsp3) is 0.562. The molecule has 2 amide bonds. The standard InChI is InChI=1S/C32H40F3N5O3.2ClH/c33-25-17-24(18-26(20-25)38-11-9-36-10-12-38)31(42)40-15-13-39(14-16-40)30(41)23-1-2-29(43-27-5-8-37-21-27)28(19-23)22-3-6-32(34,35)7-4-22;;/h1-2,17-20,22,27,36-37H,3-16,21H2;2*1H/t27-;;/m0../s1. The molecule has 0 aromatic heterocycles. The van der Waals surface area contributed by atoms with Gasteiger partial charge in [0.05, 0.1) is 0 Å². The summed E-state index contributed by atoms with van der Waals surface area (Å²) >= 11 is 0. The molecule has 0 unspecified atom stereocenters. The molecular formula is C32H42Cl2F3N5O3. The highest BCUT2D eigenvalue weighted by molar-refractivity contribution is 5.97. The minimum Gasteiger partial charge on any atom is -0.489 e. The van der Waals surface area contributed by atoms with E-state index in [-0.39, 0.29) is 61.5 Å². The van der Waals surface area contributed by atoms with Gasteiger partial charge < -0.3 is 30.1 Å². The van der Waals surface area contributed by atoms with Crippen molar-refractivity contribution in [3.63, 3.8) is 0 Å². The molecule has 1 saturated carbocycles. The molecule has 2 N–H and O–H groups in total. The Morgan fingerprint density at radius 1 is 0.778 bits per heavy atom. The van der Waals surface area contributed by atoms with Crippen LogP contribution in [0.2, 0.25) is 0 Å². The molecule has 6 rings (SSSR count). The van der Waals surface area contributed by atoms with Crippen molar-refractivity contribution in [3.8, 4) is 5.75 Å². The van der Waals surface area contributed by atoms with E-state index in [1.165, 1.54) is 12.1 Å². The number of rotatable bonds is 6. The summed E-state index contributed by atoms with van der Waals surface area (Å²) in [5.74, 6) is -2.91. The predicted molar refractivity (Wildman–Crippen MR) is 172 cm³/mol. The van der Waals surface area contributed by atoms with Gasteiger partial charge >= 0.3 is 0 Å². The molecule has 13 heteroatoms. The molecule has 1 aliphatic carbocycles. The molecule has 1 atom stereocenters. The zero-order chi connectivity index (χ0) is 30.0. The maximum absolute atomic E-state index is 14.5. The number of alkyl halides is 2.